The minimum atomic E-state index is -3.33. The molecule has 0 aliphatic rings. The van der Waals surface area contributed by atoms with Crippen LogP contribution >= 0.6 is 11.3 Å². The summed E-state index contributed by atoms with van der Waals surface area (Å²) in [5.41, 5.74) is 1.45. The molecule has 0 fully saturated rings. The zero-order valence-electron chi connectivity index (χ0n) is 7.28. The van der Waals surface area contributed by atoms with Crippen LogP contribution in [-0.2, 0) is 10.0 Å². The first-order valence-electron chi connectivity index (χ1n) is 3.73. The van der Waals surface area contributed by atoms with E-state index in [0.717, 1.165) is 15.9 Å². The van der Waals surface area contributed by atoms with E-state index in [-0.39, 0.29) is 0 Å². The lowest BCUT2D eigenvalue weighted by atomic mass is 10.3. The van der Waals surface area contributed by atoms with E-state index in [1.54, 1.807) is 0 Å². The largest absolute Gasteiger partial charge is 0.252 e. The summed E-state index contributed by atoms with van der Waals surface area (Å²) in [5.74, 6) is 0. The molecule has 0 amide bonds. The first-order chi connectivity index (χ1) is 6.57. The Morgan fingerprint density at radius 2 is 2.29 bits per heavy atom. The maximum Gasteiger partial charge on any atom is 0.252 e. The van der Waals surface area contributed by atoms with Crippen LogP contribution < -0.4 is 0 Å². The number of nitrogens with zero attached hydrogens (tertiary/aromatic N) is 3. The molecule has 0 aliphatic heterocycles. The summed E-state index contributed by atoms with van der Waals surface area (Å²) in [6.07, 6.45) is 2.48. The Bertz CT molecular complexity index is 527. The molecule has 0 bridgehead atoms. The number of hydrogen-bond donors (Lipinski definition) is 0. The predicted molar refractivity (Wildman–Crippen MR) is 53.6 cm³/mol. The first-order valence-corrected chi connectivity index (χ1v) is 6.52. The van der Waals surface area contributed by atoms with E-state index in [1.807, 2.05) is 16.8 Å². The maximum atomic E-state index is 11.1. The van der Waals surface area contributed by atoms with Gasteiger partial charge in [-0.3, -0.25) is 0 Å². The fraction of sp³-hybridized carbons (Fsp3) is 0.143. The molecule has 0 spiro atoms. The van der Waals surface area contributed by atoms with Gasteiger partial charge in [0.1, 0.15) is 5.69 Å². The van der Waals surface area contributed by atoms with Crippen molar-refractivity contribution in [2.75, 3.05) is 6.26 Å². The lowest BCUT2D eigenvalue weighted by Gasteiger charge is -1.91. The highest BCUT2D eigenvalue weighted by atomic mass is 32.2. The van der Waals surface area contributed by atoms with Crippen molar-refractivity contribution in [3.63, 3.8) is 0 Å². The molecule has 0 radical (unpaired) electrons. The molecule has 7 heteroatoms. The Labute approximate surface area is 85.0 Å². The second kappa shape index (κ2) is 3.18. The predicted octanol–water partition coefficient (Wildman–Crippen LogP) is 0.814. The minimum Gasteiger partial charge on any atom is -0.205 e. The zero-order chi connectivity index (χ0) is 10.2. The van der Waals surface area contributed by atoms with Crippen LogP contribution in [0.1, 0.15) is 0 Å². The van der Waals surface area contributed by atoms with Crippen molar-refractivity contribution >= 4 is 21.4 Å². The van der Waals surface area contributed by atoms with Gasteiger partial charge in [0.2, 0.25) is 0 Å². The van der Waals surface area contributed by atoms with E-state index in [9.17, 15) is 8.42 Å². The first kappa shape index (κ1) is 9.35. The van der Waals surface area contributed by atoms with Crippen molar-refractivity contribution in [2.24, 2.45) is 0 Å². The normalized spacial score (nSPS) is 11.8. The third-order valence-electron chi connectivity index (χ3n) is 1.63. The van der Waals surface area contributed by atoms with Gasteiger partial charge in [0.05, 0.1) is 12.5 Å². The van der Waals surface area contributed by atoms with Gasteiger partial charge in [-0.25, -0.2) is 8.42 Å². The summed E-state index contributed by atoms with van der Waals surface area (Å²) in [4.78, 5) is 0. The minimum absolute atomic E-state index is 0.566. The Hall–Kier alpha value is -1.21. The second-order valence-corrected chi connectivity index (χ2v) is 5.37. The average Bonchev–Trinajstić information content (AvgIpc) is 2.73. The smallest absolute Gasteiger partial charge is 0.205 e. The molecular weight excluding hydrogens is 222 g/mol. The fourth-order valence-electron chi connectivity index (χ4n) is 0.953. The number of rotatable bonds is 2. The summed E-state index contributed by atoms with van der Waals surface area (Å²) in [6, 6.07) is 1.86. The molecule has 0 saturated carbocycles. The van der Waals surface area contributed by atoms with E-state index in [4.69, 9.17) is 0 Å². The molecule has 0 atom stereocenters. The van der Waals surface area contributed by atoms with Crippen molar-refractivity contribution in [1.82, 2.24) is 14.4 Å². The van der Waals surface area contributed by atoms with Gasteiger partial charge >= 0.3 is 0 Å². The van der Waals surface area contributed by atoms with Crippen LogP contribution in [0.15, 0.2) is 23.0 Å². The van der Waals surface area contributed by atoms with Gasteiger partial charge in [-0.05, 0) is 11.4 Å². The van der Waals surface area contributed by atoms with Gasteiger partial charge in [0.15, 0.2) is 0 Å². The molecular formula is C7H7N3O2S2. The molecule has 2 heterocycles. The summed E-state index contributed by atoms with van der Waals surface area (Å²) in [6.45, 7) is 0. The van der Waals surface area contributed by atoms with Gasteiger partial charge < -0.3 is 0 Å². The Balaban J connectivity index is 2.46. The molecule has 5 nitrogen and oxygen atoms in total. The molecule has 2 aromatic rings. The summed E-state index contributed by atoms with van der Waals surface area (Å²) in [5, 5.41) is 11.1. The van der Waals surface area contributed by atoms with E-state index < -0.39 is 10.0 Å². The van der Waals surface area contributed by atoms with Crippen molar-refractivity contribution in [2.45, 2.75) is 0 Å². The summed E-state index contributed by atoms with van der Waals surface area (Å²) >= 11 is 1.52. The van der Waals surface area contributed by atoms with Crippen LogP contribution in [-0.4, -0.2) is 29.1 Å². The molecule has 0 saturated heterocycles. The van der Waals surface area contributed by atoms with Gasteiger partial charge in [-0.2, -0.15) is 11.3 Å². The number of thiophene rings is 1. The fourth-order valence-corrected chi connectivity index (χ4v) is 2.06. The van der Waals surface area contributed by atoms with Gasteiger partial charge in [0, 0.05) is 10.9 Å². The molecule has 14 heavy (non-hydrogen) atoms. The lowest BCUT2D eigenvalue weighted by molar-refractivity contribution is 0.583. The Kier molecular flexibility index (Phi) is 2.12. The van der Waals surface area contributed by atoms with Crippen molar-refractivity contribution in [3.05, 3.63) is 23.0 Å². The molecule has 74 valence electrons. The van der Waals surface area contributed by atoms with Crippen molar-refractivity contribution in [1.29, 1.82) is 0 Å². The SMILES string of the molecule is CS(=O)(=O)n1cc(-c2ccsc2)nn1. The van der Waals surface area contributed by atoms with Crippen LogP contribution in [0, 0.1) is 0 Å². The highest BCUT2D eigenvalue weighted by Gasteiger charge is 2.10. The van der Waals surface area contributed by atoms with Gasteiger partial charge in [0.25, 0.3) is 10.0 Å². The zero-order valence-corrected chi connectivity index (χ0v) is 8.92. The molecule has 0 N–H and O–H groups in total. The van der Waals surface area contributed by atoms with E-state index >= 15 is 0 Å². The van der Waals surface area contributed by atoms with E-state index in [0.29, 0.717) is 5.69 Å². The maximum absolute atomic E-state index is 11.1. The highest BCUT2D eigenvalue weighted by Crippen LogP contribution is 2.18. The van der Waals surface area contributed by atoms with Crippen LogP contribution in [0.3, 0.4) is 0 Å². The number of aromatic nitrogens is 3. The Morgan fingerprint density at radius 1 is 1.50 bits per heavy atom. The summed E-state index contributed by atoms with van der Waals surface area (Å²) in [7, 11) is -3.33. The average molecular weight is 229 g/mol. The third-order valence-corrected chi connectivity index (χ3v) is 3.17. The Morgan fingerprint density at radius 3 is 2.79 bits per heavy atom. The third kappa shape index (κ3) is 1.68. The number of hydrogen-bond acceptors (Lipinski definition) is 5. The van der Waals surface area contributed by atoms with Gasteiger partial charge in [-0.1, -0.05) is 5.21 Å². The monoisotopic (exact) mass is 229 g/mol. The van der Waals surface area contributed by atoms with Gasteiger partial charge in [-0.15, -0.1) is 9.19 Å². The van der Waals surface area contributed by atoms with Crippen molar-refractivity contribution in [3.8, 4) is 11.3 Å². The summed E-state index contributed by atoms with van der Waals surface area (Å²) < 4.78 is 23.0. The lowest BCUT2D eigenvalue weighted by Crippen LogP contribution is -2.10. The molecule has 0 unspecified atom stereocenters. The molecule has 2 rings (SSSR count). The van der Waals surface area contributed by atoms with Crippen LogP contribution in [0.25, 0.3) is 11.3 Å². The standard InChI is InChI=1S/C7H7N3O2S2/c1-14(11,12)10-4-7(8-9-10)6-2-3-13-5-6/h2-5H,1H3. The van der Waals surface area contributed by atoms with Crippen LogP contribution in [0.4, 0.5) is 0 Å². The molecule has 0 aromatic carbocycles. The van der Waals surface area contributed by atoms with Crippen LogP contribution in [0.2, 0.25) is 0 Å². The van der Waals surface area contributed by atoms with Crippen molar-refractivity contribution < 1.29 is 8.42 Å². The van der Waals surface area contributed by atoms with E-state index in [2.05, 4.69) is 10.3 Å². The quantitative estimate of drug-likeness (QED) is 0.764. The molecule has 0 aliphatic carbocycles. The second-order valence-electron chi connectivity index (χ2n) is 2.75. The highest BCUT2D eigenvalue weighted by molar-refractivity contribution is 7.89. The topological polar surface area (TPSA) is 64.8 Å². The van der Waals surface area contributed by atoms with Crippen LogP contribution in [0.5, 0.6) is 0 Å². The molecule has 2 aromatic heterocycles. The van der Waals surface area contributed by atoms with E-state index in [1.165, 1.54) is 17.5 Å².